The van der Waals surface area contributed by atoms with Crippen molar-refractivity contribution >= 4 is 54.8 Å². The van der Waals surface area contributed by atoms with Crippen molar-refractivity contribution in [3.05, 3.63) is 152 Å². The summed E-state index contributed by atoms with van der Waals surface area (Å²) < 4.78 is 10.8. The molecule has 10 rings (SSSR count). The van der Waals surface area contributed by atoms with Gasteiger partial charge in [0.05, 0.1) is 33.7 Å². The van der Waals surface area contributed by atoms with Crippen LogP contribution < -0.4 is 4.74 Å². The van der Waals surface area contributed by atoms with E-state index in [1.165, 1.54) is 0 Å². The molecule has 10 aromatic rings. The number of ether oxygens (including phenoxy) is 1. The second-order valence-corrected chi connectivity index (χ2v) is 11.5. The van der Waals surface area contributed by atoms with E-state index in [1.807, 2.05) is 53.2 Å². The summed E-state index contributed by atoms with van der Waals surface area (Å²) in [6, 6.07) is 48.4. The summed E-state index contributed by atoms with van der Waals surface area (Å²) in [6.07, 6.45) is 5.56. The Kier molecular flexibility index (Phi) is 6.58. The molecule has 0 saturated carbocycles. The Hall–Kier alpha value is -5.87. The summed E-state index contributed by atoms with van der Waals surface area (Å²) in [5, 5.41) is 4.88. The van der Waals surface area contributed by atoms with Gasteiger partial charge in [-0.05, 0) is 29.1 Å². The Balaban J connectivity index is 0.00000314. The number of nitrogens with zero attached hydrogens (tertiary/aromatic N) is 5. The summed E-state index contributed by atoms with van der Waals surface area (Å²) in [7, 11) is 0. The largest absolute Gasteiger partial charge is 2.00 e. The first-order valence-corrected chi connectivity index (χ1v) is 15.5. The van der Waals surface area contributed by atoms with Crippen LogP contribution in [0.25, 0.3) is 77.3 Å². The predicted octanol–water partition coefficient (Wildman–Crippen LogP) is 9.71. The molecule has 0 amide bonds. The van der Waals surface area contributed by atoms with E-state index in [4.69, 9.17) is 9.72 Å². The molecule has 5 aromatic carbocycles. The summed E-state index contributed by atoms with van der Waals surface area (Å²) >= 11 is 0. The number of rotatable bonds is 4. The molecular formula is C41H23N5OPd. The second kappa shape index (κ2) is 11.1. The number of fused-ring (bicyclic) bond motifs is 12. The number of hydrogen-bond donors (Lipinski definition) is 0. The molecule has 5 heterocycles. The van der Waals surface area contributed by atoms with Crippen LogP contribution in [-0.2, 0) is 20.4 Å². The minimum atomic E-state index is 0. The molecule has 0 aliphatic heterocycles. The number of imidazole rings is 2. The van der Waals surface area contributed by atoms with Gasteiger partial charge in [-0.25, -0.2) is 0 Å². The van der Waals surface area contributed by atoms with Gasteiger partial charge in [-0.3, -0.25) is 15.0 Å². The maximum Gasteiger partial charge on any atom is 2.00 e. The Morgan fingerprint density at radius 2 is 1.21 bits per heavy atom. The molecule has 0 saturated heterocycles. The van der Waals surface area contributed by atoms with E-state index in [0.717, 1.165) is 77.3 Å². The fourth-order valence-corrected chi connectivity index (χ4v) is 6.82. The SMILES string of the molecule is [Pd+2].[c-]1c(Oc2[c-]c3c(cc2)c2ccccc2n2c(-c4ccccc4)c(-c4ccccc4)nc32)ccc2c1c1nccn1c1cccnc21. The minimum Gasteiger partial charge on any atom is -0.497 e. The average Bonchev–Trinajstić information content (AvgIpc) is 3.80. The van der Waals surface area contributed by atoms with E-state index >= 15 is 0 Å². The van der Waals surface area contributed by atoms with Crippen LogP contribution in [0.3, 0.4) is 0 Å². The molecule has 0 atom stereocenters. The molecule has 0 fully saturated rings. The van der Waals surface area contributed by atoms with E-state index in [9.17, 15) is 0 Å². The third-order valence-electron chi connectivity index (χ3n) is 8.85. The molecule has 0 aliphatic carbocycles. The van der Waals surface area contributed by atoms with Crippen LogP contribution in [0.1, 0.15) is 0 Å². The molecule has 7 heteroatoms. The number of hydrogen-bond acceptors (Lipinski definition) is 4. The molecule has 6 nitrogen and oxygen atoms in total. The van der Waals surface area contributed by atoms with Gasteiger partial charge in [-0.1, -0.05) is 125 Å². The molecule has 0 aliphatic rings. The van der Waals surface area contributed by atoms with E-state index < -0.39 is 0 Å². The van der Waals surface area contributed by atoms with Gasteiger partial charge < -0.3 is 13.5 Å². The minimum absolute atomic E-state index is 0. The summed E-state index contributed by atoms with van der Waals surface area (Å²) in [5.74, 6) is 1.15. The molecule has 5 aromatic heterocycles. The van der Waals surface area contributed by atoms with Gasteiger partial charge in [0, 0.05) is 41.2 Å². The van der Waals surface area contributed by atoms with Gasteiger partial charge >= 0.3 is 20.4 Å². The zero-order valence-corrected chi connectivity index (χ0v) is 26.8. The van der Waals surface area contributed by atoms with Crippen LogP contribution in [0, 0.1) is 12.1 Å². The molecule has 0 radical (unpaired) electrons. The van der Waals surface area contributed by atoms with Crippen LogP contribution >= 0.6 is 0 Å². The number of pyridine rings is 3. The van der Waals surface area contributed by atoms with Crippen LogP contribution in [0.4, 0.5) is 0 Å². The van der Waals surface area contributed by atoms with Gasteiger partial charge in [0.15, 0.2) is 0 Å². The molecule has 228 valence electrons. The van der Waals surface area contributed by atoms with Crippen molar-refractivity contribution in [2.75, 3.05) is 0 Å². The molecule has 48 heavy (non-hydrogen) atoms. The van der Waals surface area contributed by atoms with E-state index in [-0.39, 0.29) is 20.4 Å². The summed E-state index contributed by atoms with van der Waals surface area (Å²) in [4.78, 5) is 14.6. The van der Waals surface area contributed by atoms with Gasteiger partial charge in [-0.15, -0.1) is 12.1 Å². The Morgan fingerprint density at radius 1 is 0.542 bits per heavy atom. The van der Waals surface area contributed by atoms with Crippen molar-refractivity contribution in [1.82, 2.24) is 23.8 Å². The monoisotopic (exact) mass is 707 g/mol. The Morgan fingerprint density at radius 3 is 2.00 bits per heavy atom. The van der Waals surface area contributed by atoms with Crippen molar-refractivity contribution in [2.24, 2.45) is 0 Å². The third-order valence-corrected chi connectivity index (χ3v) is 8.85. The standard InChI is InChI=1S/C41H23N5O.Pd/c1-3-10-26(11-4-1)37-39(27-12-5-2-6-13-27)46-35-15-8-7-14-31(35)30-19-17-28(24-33(30)41(46)44-37)47-29-18-20-32-34(25-29)40-43-22-23-45(40)36-16-9-21-42-38(32)36;/h1-23H;/q-2;+2. The van der Waals surface area contributed by atoms with Crippen LogP contribution in [-0.4, -0.2) is 23.8 Å². The number of aromatic nitrogens is 5. The smallest absolute Gasteiger partial charge is 0.497 e. The number of para-hydroxylation sites is 1. The third kappa shape index (κ3) is 4.26. The van der Waals surface area contributed by atoms with E-state index in [2.05, 4.69) is 111 Å². The summed E-state index contributed by atoms with van der Waals surface area (Å²) in [5.41, 5.74) is 8.70. The first-order chi connectivity index (χ1) is 23.3. The first kappa shape index (κ1) is 28.4. The summed E-state index contributed by atoms with van der Waals surface area (Å²) in [6.45, 7) is 0. The Bertz CT molecular complexity index is 2830. The topological polar surface area (TPSA) is 56.7 Å². The molecule has 0 N–H and O–H groups in total. The second-order valence-electron chi connectivity index (χ2n) is 11.5. The van der Waals surface area contributed by atoms with E-state index in [1.54, 1.807) is 6.20 Å². The van der Waals surface area contributed by atoms with Crippen molar-refractivity contribution in [1.29, 1.82) is 0 Å². The van der Waals surface area contributed by atoms with Gasteiger partial charge in [0.25, 0.3) is 0 Å². The molecule has 0 spiro atoms. The maximum atomic E-state index is 6.49. The first-order valence-electron chi connectivity index (χ1n) is 15.5. The average molecular weight is 708 g/mol. The fourth-order valence-electron chi connectivity index (χ4n) is 6.82. The molecule has 0 unspecified atom stereocenters. The zero-order valence-electron chi connectivity index (χ0n) is 25.2. The van der Waals surface area contributed by atoms with E-state index in [0.29, 0.717) is 11.5 Å². The van der Waals surface area contributed by atoms with Crippen molar-refractivity contribution in [3.8, 4) is 34.0 Å². The quantitative estimate of drug-likeness (QED) is 0.104. The normalized spacial score (nSPS) is 11.6. The van der Waals surface area contributed by atoms with Gasteiger partial charge in [0.2, 0.25) is 0 Å². The Labute approximate surface area is 288 Å². The van der Waals surface area contributed by atoms with Crippen molar-refractivity contribution in [3.63, 3.8) is 0 Å². The molecule has 0 bridgehead atoms. The van der Waals surface area contributed by atoms with Gasteiger partial charge in [-0.2, -0.15) is 0 Å². The molecular weight excluding hydrogens is 685 g/mol. The maximum absolute atomic E-state index is 6.49. The zero-order chi connectivity index (χ0) is 30.9. The van der Waals surface area contributed by atoms with Crippen molar-refractivity contribution in [2.45, 2.75) is 0 Å². The van der Waals surface area contributed by atoms with Crippen LogP contribution in [0.2, 0.25) is 0 Å². The van der Waals surface area contributed by atoms with Crippen LogP contribution in [0.5, 0.6) is 11.5 Å². The fraction of sp³-hybridized carbons (Fsp3) is 0. The van der Waals surface area contributed by atoms with Crippen molar-refractivity contribution < 1.29 is 25.2 Å². The van der Waals surface area contributed by atoms with Gasteiger partial charge in [0.1, 0.15) is 0 Å². The predicted molar refractivity (Wildman–Crippen MR) is 187 cm³/mol. The number of benzene rings is 5. The van der Waals surface area contributed by atoms with Crippen LogP contribution in [0.15, 0.2) is 140 Å².